The van der Waals surface area contributed by atoms with E-state index in [-0.39, 0.29) is 5.76 Å². The number of furan rings is 1. The van der Waals surface area contributed by atoms with Gasteiger partial charge in [0.15, 0.2) is 0 Å². The summed E-state index contributed by atoms with van der Waals surface area (Å²) in [6.07, 6.45) is 0. The van der Waals surface area contributed by atoms with Crippen molar-refractivity contribution in [2.24, 2.45) is 0 Å². The van der Waals surface area contributed by atoms with E-state index in [1.807, 2.05) is 25.1 Å². The zero-order valence-corrected chi connectivity index (χ0v) is 10.7. The molecule has 1 heterocycles. The Balaban J connectivity index is 2.46. The van der Waals surface area contributed by atoms with Gasteiger partial charge in [-0.15, -0.1) is 0 Å². The number of benzene rings is 1. The van der Waals surface area contributed by atoms with Crippen LogP contribution in [-0.4, -0.2) is 11.1 Å². The minimum Gasteiger partial charge on any atom is -0.475 e. The molecular formula is C12H9IO3. The summed E-state index contributed by atoms with van der Waals surface area (Å²) in [7, 11) is 0. The van der Waals surface area contributed by atoms with Gasteiger partial charge in [0.25, 0.3) is 0 Å². The maximum Gasteiger partial charge on any atom is 0.371 e. The van der Waals surface area contributed by atoms with Crippen LogP contribution in [0.5, 0.6) is 0 Å². The molecule has 2 aromatic rings. The van der Waals surface area contributed by atoms with Crippen LogP contribution in [0.3, 0.4) is 0 Å². The lowest BCUT2D eigenvalue weighted by Crippen LogP contribution is -1.91. The number of aryl methyl sites for hydroxylation is 1. The molecule has 0 aliphatic heterocycles. The Labute approximate surface area is 106 Å². The molecule has 0 aliphatic rings. The number of halogens is 1. The van der Waals surface area contributed by atoms with Gasteiger partial charge in [0.1, 0.15) is 5.76 Å². The summed E-state index contributed by atoms with van der Waals surface area (Å²) in [6, 6.07) is 9.07. The third kappa shape index (κ3) is 2.11. The maximum absolute atomic E-state index is 10.7. The molecule has 0 saturated heterocycles. The highest BCUT2D eigenvalue weighted by molar-refractivity contribution is 14.1. The molecule has 1 aromatic carbocycles. The van der Waals surface area contributed by atoms with E-state index in [1.54, 1.807) is 6.07 Å². The first kappa shape index (κ1) is 11.2. The number of hydrogen-bond acceptors (Lipinski definition) is 2. The highest BCUT2D eigenvalue weighted by Gasteiger charge is 2.11. The van der Waals surface area contributed by atoms with Crippen LogP contribution in [0.15, 0.2) is 34.7 Å². The van der Waals surface area contributed by atoms with Crippen LogP contribution in [0.25, 0.3) is 11.3 Å². The largest absolute Gasteiger partial charge is 0.475 e. The van der Waals surface area contributed by atoms with Gasteiger partial charge in [-0.05, 0) is 65.4 Å². The quantitative estimate of drug-likeness (QED) is 0.858. The summed E-state index contributed by atoms with van der Waals surface area (Å²) >= 11 is 2.23. The molecule has 1 aromatic heterocycles. The molecule has 0 saturated carbocycles. The second-order valence-electron chi connectivity index (χ2n) is 3.43. The molecular weight excluding hydrogens is 319 g/mol. The summed E-state index contributed by atoms with van der Waals surface area (Å²) in [5.41, 5.74) is 1.99. The molecule has 4 heteroatoms. The number of carboxylic acid groups (broad SMARTS) is 1. The Hall–Kier alpha value is -1.30. The third-order valence-corrected chi connectivity index (χ3v) is 2.94. The molecule has 0 aliphatic carbocycles. The van der Waals surface area contributed by atoms with Crippen molar-refractivity contribution in [2.45, 2.75) is 6.92 Å². The molecule has 0 bridgehead atoms. The van der Waals surface area contributed by atoms with Gasteiger partial charge >= 0.3 is 5.97 Å². The highest BCUT2D eigenvalue weighted by Crippen LogP contribution is 2.26. The first-order chi connectivity index (χ1) is 7.58. The maximum atomic E-state index is 10.7. The minimum absolute atomic E-state index is 0.0343. The lowest BCUT2D eigenvalue weighted by Gasteiger charge is -2.02. The Morgan fingerprint density at radius 2 is 2.06 bits per heavy atom. The van der Waals surface area contributed by atoms with E-state index in [4.69, 9.17) is 9.52 Å². The lowest BCUT2D eigenvalue weighted by molar-refractivity contribution is 0.0663. The normalized spacial score (nSPS) is 10.4. The van der Waals surface area contributed by atoms with E-state index in [1.165, 1.54) is 6.07 Å². The van der Waals surface area contributed by atoms with Crippen LogP contribution in [-0.2, 0) is 0 Å². The lowest BCUT2D eigenvalue weighted by atomic mass is 10.1. The van der Waals surface area contributed by atoms with Gasteiger partial charge in [-0.3, -0.25) is 0 Å². The second-order valence-corrected chi connectivity index (χ2v) is 4.67. The van der Waals surface area contributed by atoms with E-state index in [0.717, 1.165) is 14.7 Å². The molecule has 0 unspecified atom stereocenters. The van der Waals surface area contributed by atoms with Crippen molar-refractivity contribution >= 4 is 28.6 Å². The standard InChI is InChI=1S/C12H9IO3/c1-7-6-8(13)2-3-9(7)10-4-5-11(16-10)12(14)15/h2-6H,1H3,(H,14,15). The van der Waals surface area contributed by atoms with E-state index in [9.17, 15) is 4.79 Å². The fraction of sp³-hybridized carbons (Fsp3) is 0.0833. The average molecular weight is 328 g/mol. The van der Waals surface area contributed by atoms with Crippen LogP contribution in [0.1, 0.15) is 16.1 Å². The highest BCUT2D eigenvalue weighted by atomic mass is 127. The van der Waals surface area contributed by atoms with Gasteiger partial charge in [-0.25, -0.2) is 4.79 Å². The molecule has 0 fully saturated rings. The van der Waals surface area contributed by atoms with Crippen molar-refractivity contribution in [3.05, 3.63) is 45.2 Å². The molecule has 16 heavy (non-hydrogen) atoms. The van der Waals surface area contributed by atoms with Crippen molar-refractivity contribution in [1.29, 1.82) is 0 Å². The topological polar surface area (TPSA) is 50.4 Å². The molecule has 0 radical (unpaired) electrons. The van der Waals surface area contributed by atoms with E-state index >= 15 is 0 Å². The summed E-state index contributed by atoms with van der Waals surface area (Å²) in [5, 5.41) is 8.76. The number of carboxylic acids is 1. The van der Waals surface area contributed by atoms with E-state index in [2.05, 4.69) is 22.6 Å². The van der Waals surface area contributed by atoms with Gasteiger partial charge in [-0.2, -0.15) is 0 Å². The van der Waals surface area contributed by atoms with Crippen molar-refractivity contribution < 1.29 is 14.3 Å². The number of rotatable bonds is 2. The number of carbonyl (C=O) groups is 1. The molecule has 82 valence electrons. The fourth-order valence-corrected chi connectivity index (χ4v) is 2.15. The smallest absolute Gasteiger partial charge is 0.371 e. The predicted octanol–water partition coefficient (Wildman–Crippen LogP) is 3.56. The molecule has 2 rings (SSSR count). The first-order valence-corrected chi connectivity index (χ1v) is 5.75. The zero-order chi connectivity index (χ0) is 11.7. The molecule has 3 nitrogen and oxygen atoms in total. The van der Waals surface area contributed by atoms with Crippen molar-refractivity contribution in [3.63, 3.8) is 0 Å². The monoisotopic (exact) mass is 328 g/mol. The Morgan fingerprint density at radius 1 is 1.31 bits per heavy atom. The molecule has 0 spiro atoms. The van der Waals surface area contributed by atoms with Gasteiger partial charge in [0.2, 0.25) is 5.76 Å². The number of aromatic carboxylic acids is 1. The van der Waals surface area contributed by atoms with Crippen molar-refractivity contribution in [1.82, 2.24) is 0 Å². The Bertz CT molecular complexity index is 543. The summed E-state index contributed by atoms with van der Waals surface area (Å²) < 4.78 is 6.39. The Morgan fingerprint density at radius 3 is 2.62 bits per heavy atom. The average Bonchev–Trinajstić information content (AvgIpc) is 2.66. The summed E-state index contributed by atoms with van der Waals surface area (Å²) in [5.74, 6) is -0.492. The van der Waals surface area contributed by atoms with E-state index < -0.39 is 5.97 Å². The van der Waals surface area contributed by atoms with Gasteiger partial charge in [-0.1, -0.05) is 0 Å². The van der Waals surface area contributed by atoms with Crippen molar-refractivity contribution in [3.8, 4) is 11.3 Å². The van der Waals surface area contributed by atoms with Crippen LogP contribution < -0.4 is 0 Å². The van der Waals surface area contributed by atoms with Crippen LogP contribution >= 0.6 is 22.6 Å². The van der Waals surface area contributed by atoms with Gasteiger partial charge in [0, 0.05) is 9.13 Å². The van der Waals surface area contributed by atoms with Gasteiger partial charge < -0.3 is 9.52 Å². The zero-order valence-electron chi connectivity index (χ0n) is 8.53. The Kier molecular flexibility index (Phi) is 3.00. The summed E-state index contributed by atoms with van der Waals surface area (Å²) in [6.45, 7) is 1.97. The summed E-state index contributed by atoms with van der Waals surface area (Å²) in [4.78, 5) is 10.7. The van der Waals surface area contributed by atoms with E-state index in [0.29, 0.717) is 5.76 Å². The molecule has 1 N–H and O–H groups in total. The SMILES string of the molecule is Cc1cc(I)ccc1-c1ccc(C(=O)O)o1. The first-order valence-electron chi connectivity index (χ1n) is 4.67. The van der Waals surface area contributed by atoms with Crippen molar-refractivity contribution in [2.75, 3.05) is 0 Å². The molecule has 0 amide bonds. The number of hydrogen-bond donors (Lipinski definition) is 1. The fourth-order valence-electron chi connectivity index (χ4n) is 1.50. The molecule has 0 atom stereocenters. The third-order valence-electron chi connectivity index (χ3n) is 2.27. The van der Waals surface area contributed by atoms with Crippen LogP contribution in [0.2, 0.25) is 0 Å². The second kappa shape index (κ2) is 4.29. The minimum atomic E-state index is -1.05. The predicted molar refractivity (Wildman–Crippen MR) is 68.6 cm³/mol. The van der Waals surface area contributed by atoms with Crippen LogP contribution in [0, 0.1) is 10.5 Å². The van der Waals surface area contributed by atoms with Crippen LogP contribution in [0.4, 0.5) is 0 Å². The van der Waals surface area contributed by atoms with Gasteiger partial charge in [0.05, 0.1) is 0 Å².